The van der Waals surface area contributed by atoms with Crippen molar-refractivity contribution in [2.24, 2.45) is 0 Å². The van der Waals surface area contributed by atoms with Crippen LogP contribution in [0.3, 0.4) is 0 Å². The van der Waals surface area contributed by atoms with Crippen molar-refractivity contribution >= 4 is 42.8 Å². The number of halogens is 1. The molecule has 4 aromatic rings. The number of likely N-dealkylation sites (N-methyl/N-ethyl adjacent to an activating group) is 1. The maximum absolute atomic E-state index is 13.3. The zero-order valence-electron chi connectivity index (χ0n) is 19.7. The van der Waals surface area contributed by atoms with Gasteiger partial charge in [-0.15, -0.1) is 0 Å². The number of carbonyl (C=O) groups is 1. The molecule has 2 aromatic heterocycles. The molecule has 35 heavy (non-hydrogen) atoms. The number of carbonyl (C=O) groups excluding carboxylic acids is 1. The molecule has 2 aromatic carbocycles. The lowest BCUT2D eigenvalue weighted by Gasteiger charge is -2.20. The Hall–Kier alpha value is -3.08. The molecular weight excluding hydrogens is 532 g/mol. The van der Waals surface area contributed by atoms with E-state index in [9.17, 15) is 18.3 Å². The first-order chi connectivity index (χ1) is 16.5. The first-order valence-electron chi connectivity index (χ1n) is 10.9. The second-order valence-electron chi connectivity index (χ2n) is 8.61. The van der Waals surface area contributed by atoms with Crippen LogP contribution >= 0.6 is 15.9 Å². The first-order valence-corrected chi connectivity index (χ1v) is 13.2. The van der Waals surface area contributed by atoms with Gasteiger partial charge in [0.1, 0.15) is 5.52 Å². The second kappa shape index (κ2) is 9.52. The summed E-state index contributed by atoms with van der Waals surface area (Å²) in [7, 11) is -2.27. The van der Waals surface area contributed by atoms with Crippen LogP contribution in [0.4, 0.5) is 0 Å². The lowest BCUT2D eigenvalue weighted by molar-refractivity contribution is 0.0703. The van der Waals surface area contributed by atoms with Gasteiger partial charge in [0.2, 0.25) is 9.84 Å². The van der Waals surface area contributed by atoms with E-state index in [2.05, 4.69) is 30.9 Å². The van der Waals surface area contributed by atoms with Crippen molar-refractivity contribution in [3.05, 3.63) is 70.0 Å². The van der Waals surface area contributed by atoms with Gasteiger partial charge in [-0.05, 0) is 71.6 Å². The van der Waals surface area contributed by atoms with Gasteiger partial charge in [-0.1, -0.05) is 18.2 Å². The molecule has 0 saturated heterocycles. The van der Waals surface area contributed by atoms with Crippen molar-refractivity contribution < 1.29 is 18.3 Å². The van der Waals surface area contributed by atoms with E-state index in [0.29, 0.717) is 26.8 Å². The van der Waals surface area contributed by atoms with Gasteiger partial charge in [0.25, 0.3) is 5.91 Å². The SMILES string of the molecule is Cc1ccc(Br)c(S(=O)(=O)c2cnc3[nH]cc(-c4ccc(C(=O)N(C)C[C@H](C)O)c(C)c4)c3n2)c1. The van der Waals surface area contributed by atoms with Gasteiger partial charge in [0.05, 0.1) is 17.2 Å². The molecule has 10 heteroatoms. The molecule has 0 aliphatic carbocycles. The lowest BCUT2D eigenvalue weighted by Crippen LogP contribution is -2.33. The van der Waals surface area contributed by atoms with E-state index in [0.717, 1.165) is 16.7 Å². The minimum Gasteiger partial charge on any atom is -0.392 e. The van der Waals surface area contributed by atoms with Crippen LogP contribution in [-0.2, 0) is 9.84 Å². The number of aliphatic hydroxyl groups excluding tert-OH is 1. The van der Waals surface area contributed by atoms with Crippen molar-refractivity contribution in [3.63, 3.8) is 0 Å². The number of H-pyrrole nitrogens is 1. The van der Waals surface area contributed by atoms with E-state index >= 15 is 0 Å². The number of amides is 1. The van der Waals surface area contributed by atoms with E-state index in [1.807, 2.05) is 26.0 Å². The third-order valence-corrected chi connectivity index (χ3v) is 8.28. The topological polar surface area (TPSA) is 116 Å². The summed E-state index contributed by atoms with van der Waals surface area (Å²) in [6.45, 7) is 5.51. The van der Waals surface area contributed by atoms with Gasteiger partial charge in [0.15, 0.2) is 10.7 Å². The van der Waals surface area contributed by atoms with Crippen LogP contribution in [0, 0.1) is 13.8 Å². The molecule has 0 spiro atoms. The number of nitrogens with zero attached hydrogens (tertiary/aromatic N) is 3. The number of hydrogen-bond donors (Lipinski definition) is 2. The first kappa shape index (κ1) is 25.0. The average Bonchev–Trinajstić information content (AvgIpc) is 3.23. The van der Waals surface area contributed by atoms with Crippen LogP contribution in [0.2, 0.25) is 0 Å². The Morgan fingerprint density at radius 3 is 2.63 bits per heavy atom. The maximum Gasteiger partial charge on any atom is 0.253 e. The third kappa shape index (κ3) is 4.86. The standard InChI is InChI=1S/C25H25BrN4O4S/c1-14-5-8-20(26)21(9-14)35(33,34)22-12-28-24-23(29-22)19(11-27-24)17-6-7-18(15(2)10-17)25(32)30(4)13-16(3)31/h5-12,16,31H,13H2,1-4H3,(H,27,28)/t16-/m0/s1. The normalized spacial score (nSPS) is 12.6. The summed E-state index contributed by atoms with van der Waals surface area (Å²) >= 11 is 3.33. The molecule has 182 valence electrons. The van der Waals surface area contributed by atoms with Gasteiger partial charge in [0, 0.05) is 35.4 Å². The lowest BCUT2D eigenvalue weighted by atomic mass is 10.0. The van der Waals surface area contributed by atoms with Gasteiger partial charge in [-0.25, -0.2) is 18.4 Å². The molecule has 0 aliphatic heterocycles. The van der Waals surface area contributed by atoms with Crippen molar-refractivity contribution in [2.45, 2.75) is 36.8 Å². The molecule has 0 saturated carbocycles. The Labute approximate surface area is 212 Å². The van der Waals surface area contributed by atoms with E-state index in [1.54, 1.807) is 44.4 Å². The number of sulfone groups is 1. The monoisotopic (exact) mass is 556 g/mol. The Morgan fingerprint density at radius 1 is 1.20 bits per heavy atom. The molecule has 0 fully saturated rings. The third-order valence-electron chi connectivity index (χ3n) is 5.66. The minimum atomic E-state index is -3.91. The van der Waals surface area contributed by atoms with Gasteiger partial charge < -0.3 is 15.0 Å². The molecule has 0 unspecified atom stereocenters. The van der Waals surface area contributed by atoms with Crippen LogP contribution in [0.15, 0.2) is 63.2 Å². The number of rotatable bonds is 6. The Morgan fingerprint density at radius 2 is 1.94 bits per heavy atom. The maximum atomic E-state index is 13.3. The number of aliphatic hydroxyl groups is 1. The molecule has 0 radical (unpaired) electrons. The molecule has 4 rings (SSSR count). The Kier molecular flexibility index (Phi) is 6.81. The highest BCUT2D eigenvalue weighted by Gasteiger charge is 2.24. The molecular formula is C25H25BrN4O4S. The van der Waals surface area contributed by atoms with Crippen LogP contribution in [0.5, 0.6) is 0 Å². The smallest absolute Gasteiger partial charge is 0.253 e. The quantitative estimate of drug-likeness (QED) is 0.366. The predicted octanol–water partition coefficient (Wildman–Crippen LogP) is 4.29. The van der Waals surface area contributed by atoms with Gasteiger partial charge in [-0.3, -0.25) is 4.79 Å². The summed E-state index contributed by atoms with van der Waals surface area (Å²) < 4.78 is 27.1. The predicted molar refractivity (Wildman–Crippen MR) is 137 cm³/mol. The fraction of sp³-hybridized carbons (Fsp3) is 0.240. The van der Waals surface area contributed by atoms with E-state index in [-0.39, 0.29) is 22.4 Å². The fourth-order valence-electron chi connectivity index (χ4n) is 3.91. The van der Waals surface area contributed by atoms with Crippen LogP contribution in [-0.4, -0.2) is 59.0 Å². The average molecular weight is 557 g/mol. The number of benzene rings is 2. The largest absolute Gasteiger partial charge is 0.392 e. The number of aromatic nitrogens is 3. The molecule has 1 atom stereocenters. The van der Waals surface area contributed by atoms with E-state index in [1.165, 1.54) is 11.1 Å². The molecule has 2 N–H and O–H groups in total. The highest BCUT2D eigenvalue weighted by atomic mass is 79.9. The highest BCUT2D eigenvalue weighted by molar-refractivity contribution is 9.10. The summed E-state index contributed by atoms with van der Waals surface area (Å²) in [5.74, 6) is -0.189. The number of aromatic amines is 1. The van der Waals surface area contributed by atoms with Crippen molar-refractivity contribution in [1.82, 2.24) is 19.9 Å². The number of fused-ring (bicyclic) bond motifs is 1. The van der Waals surface area contributed by atoms with E-state index in [4.69, 9.17) is 0 Å². The Balaban J connectivity index is 1.75. The van der Waals surface area contributed by atoms with Gasteiger partial charge >= 0.3 is 0 Å². The molecule has 2 heterocycles. The summed E-state index contributed by atoms with van der Waals surface area (Å²) in [5.41, 5.74) is 4.40. The summed E-state index contributed by atoms with van der Waals surface area (Å²) in [6, 6.07) is 10.5. The fourth-order valence-corrected chi connectivity index (χ4v) is 6.09. The zero-order valence-corrected chi connectivity index (χ0v) is 22.1. The van der Waals surface area contributed by atoms with E-state index < -0.39 is 15.9 Å². The van der Waals surface area contributed by atoms with Crippen LogP contribution in [0.25, 0.3) is 22.3 Å². The van der Waals surface area contributed by atoms with Crippen molar-refractivity contribution in [1.29, 1.82) is 0 Å². The minimum absolute atomic E-state index is 0.128. The molecule has 0 bridgehead atoms. The van der Waals surface area contributed by atoms with Crippen molar-refractivity contribution in [2.75, 3.05) is 13.6 Å². The summed E-state index contributed by atoms with van der Waals surface area (Å²) in [6.07, 6.45) is 2.34. The molecule has 1 amide bonds. The van der Waals surface area contributed by atoms with Gasteiger partial charge in [-0.2, -0.15) is 0 Å². The van der Waals surface area contributed by atoms with Crippen LogP contribution in [0.1, 0.15) is 28.4 Å². The van der Waals surface area contributed by atoms with Crippen LogP contribution < -0.4 is 0 Å². The number of nitrogens with one attached hydrogen (secondary N) is 1. The number of hydrogen-bond acceptors (Lipinski definition) is 6. The molecule has 8 nitrogen and oxygen atoms in total. The van der Waals surface area contributed by atoms with Crippen molar-refractivity contribution in [3.8, 4) is 11.1 Å². The summed E-state index contributed by atoms with van der Waals surface area (Å²) in [4.78, 5) is 26.2. The Bertz CT molecular complexity index is 1550. The zero-order chi connectivity index (χ0) is 25.5. The number of aryl methyl sites for hydroxylation is 2. The highest BCUT2D eigenvalue weighted by Crippen LogP contribution is 2.32. The molecule has 0 aliphatic rings. The summed E-state index contributed by atoms with van der Waals surface area (Å²) in [5, 5.41) is 9.43. The second-order valence-corrected chi connectivity index (χ2v) is 11.3.